The van der Waals surface area contributed by atoms with Crippen LogP contribution >= 0.6 is 11.3 Å². The van der Waals surface area contributed by atoms with Crippen molar-refractivity contribution in [1.82, 2.24) is 14.7 Å². The highest BCUT2D eigenvalue weighted by Gasteiger charge is 2.03. The van der Waals surface area contributed by atoms with Gasteiger partial charge in [0, 0.05) is 18.5 Å². The molecule has 0 atom stereocenters. The van der Waals surface area contributed by atoms with E-state index >= 15 is 0 Å². The molecule has 0 aliphatic carbocycles. The Labute approximate surface area is 79.2 Å². The molecule has 0 saturated carbocycles. The van der Waals surface area contributed by atoms with Crippen molar-refractivity contribution in [3.63, 3.8) is 0 Å². The molecule has 0 aromatic carbocycles. The first-order valence-electron chi connectivity index (χ1n) is 3.91. The summed E-state index contributed by atoms with van der Waals surface area (Å²) >= 11 is 1.58. The van der Waals surface area contributed by atoms with Crippen molar-refractivity contribution in [2.24, 2.45) is 0 Å². The highest BCUT2D eigenvalue weighted by Crippen LogP contribution is 2.11. The van der Waals surface area contributed by atoms with E-state index in [0.29, 0.717) is 6.54 Å². The zero-order valence-electron chi connectivity index (χ0n) is 7.15. The molecular weight excluding hydrogens is 186 g/mol. The van der Waals surface area contributed by atoms with Gasteiger partial charge in [-0.15, -0.1) is 11.3 Å². The van der Waals surface area contributed by atoms with Crippen LogP contribution < -0.4 is 5.32 Å². The van der Waals surface area contributed by atoms with Crippen LogP contribution in [0.15, 0.2) is 17.8 Å². The molecule has 0 spiro atoms. The van der Waals surface area contributed by atoms with Crippen molar-refractivity contribution >= 4 is 22.2 Å². The fourth-order valence-electron chi connectivity index (χ4n) is 1.12. The highest BCUT2D eigenvalue weighted by atomic mass is 32.1. The van der Waals surface area contributed by atoms with Gasteiger partial charge in [-0.25, -0.2) is 4.98 Å². The van der Waals surface area contributed by atoms with Crippen LogP contribution in [-0.4, -0.2) is 15.3 Å². The molecular formula is C8H9N3OS. The van der Waals surface area contributed by atoms with Crippen molar-refractivity contribution in [2.75, 3.05) is 0 Å². The van der Waals surface area contributed by atoms with E-state index in [0.717, 1.165) is 10.7 Å². The van der Waals surface area contributed by atoms with Gasteiger partial charge in [0.1, 0.15) is 0 Å². The number of imidazole rings is 1. The van der Waals surface area contributed by atoms with E-state index in [1.165, 1.54) is 6.92 Å². The van der Waals surface area contributed by atoms with Gasteiger partial charge >= 0.3 is 0 Å². The van der Waals surface area contributed by atoms with Crippen molar-refractivity contribution in [2.45, 2.75) is 13.5 Å². The fourth-order valence-corrected chi connectivity index (χ4v) is 1.83. The van der Waals surface area contributed by atoms with Crippen molar-refractivity contribution < 1.29 is 4.79 Å². The molecule has 0 bridgehead atoms. The Bertz CT molecular complexity index is 431. The topological polar surface area (TPSA) is 46.4 Å². The summed E-state index contributed by atoms with van der Waals surface area (Å²) in [5.74, 6) is -0.0230. The first kappa shape index (κ1) is 8.25. The molecule has 0 radical (unpaired) electrons. The lowest BCUT2D eigenvalue weighted by Crippen LogP contribution is -2.19. The molecule has 13 heavy (non-hydrogen) atoms. The minimum absolute atomic E-state index is 0.0230. The zero-order valence-corrected chi connectivity index (χ0v) is 7.97. The van der Waals surface area contributed by atoms with E-state index in [1.54, 1.807) is 17.5 Å². The number of amides is 1. The van der Waals surface area contributed by atoms with Crippen LogP contribution in [0.4, 0.5) is 0 Å². The standard InChI is InChI=1S/C8H9N3OS/c1-6(12)9-4-7-5-10-8-11(7)2-3-13-8/h2-3,5H,4H2,1H3,(H,9,12). The molecule has 0 aliphatic rings. The molecule has 0 unspecified atom stereocenters. The molecule has 1 amide bonds. The molecule has 0 aliphatic heterocycles. The summed E-state index contributed by atoms with van der Waals surface area (Å²) in [6, 6.07) is 0. The summed E-state index contributed by atoms with van der Waals surface area (Å²) in [5, 5.41) is 4.71. The van der Waals surface area contributed by atoms with Crippen LogP contribution in [-0.2, 0) is 11.3 Å². The molecule has 5 heteroatoms. The Kier molecular flexibility index (Phi) is 2.02. The summed E-state index contributed by atoms with van der Waals surface area (Å²) in [5.41, 5.74) is 1.01. The zero-order chi connectivity index (χ0) is 9.26. The molecule has 2 heterocycles. The minimum atomic E-state index is -0.0230. The number of carbonyl (C=O) groups excluding carboxylic acids is 1. The van der Waals surface area contributed by atoms with E-state index in [4.69, 9.17) is 0 Å². The van der Waals surface area contributed by atoms with Crippen molar-refractivity contribution in [3.8, 4) is 0 Å². The number of nitrogens with one attached hydrogen (secondary N) is 1. The van der Waals surface area contributed by atoms with Gasteiger partial charge in [-0.3, -0.25) is 9.20 Å². The fraction of sp³-hybridized carbons (Fsp3) is 0.250. The summed E-state index contributed by atoms with van der Waals surface area (Å²) < 4.78 is 1.97. The average molecular weight is 195 g/mol. The maximum Gasteiger partial charge on any atom is 0.217 e. The third-order valence-corrected chi connectivity index (χ3v) is 2.51. The van der Waals surface area contributed by atoms with Crippen molar-refractivity contribution in [1.29, 1.82) is 0 Å². The summed E-state index contributed by atoms with van der Waals surface area (Å²) in [6.07, 6.45) is 3.73. The van der Waals surface area contributed by atoms with Crippen LogP contribution in [0.5, 0.6) is 0 Å². The van der Waals surface area contributed by atoms with Gasteiger partial charge in [0.15, 0.2) is 4.96 Å². The number of rotatable bonds is 2. The van der Waals surface area contributed by atoms with E-state index < -0.39 is 0 Å². The maximum absolute atomic E-state index is 10.7. The summed E-state index contributed by atoms with van der Waals surface area (Å²) in [6.45, 7) is 2.04. The van der Waals surface area contributed by atoms with Gasteiger partial charge in [0.25, 0.3) is 0 Å². The van der Waals surface area contributed by atoms with Crippen LogP contribution in [0.3, 0.4) is 0 Å². The monoisotopic (exact) mass is 195 g/mol. The van der Waals surface area contributed by atoms with Gasteiger partial charge in [0.2, 0.25) is 5.91 Å². The molecule has 0 fully saturated rings. The molecule has 1 N–H and O–H groups in total. The third kappa shape index (κ3) is 1.55. The van der Waals surface area contributed by atoms with Crippen LogP contribution in [0, 0.1) is 0 Å². The Balaban J connectivity index is 2.23. The normalized spacial score (nSPS) is 10.5. The third-order valence-electron chi connectivity index (χ3n) is 1.74. The molecule has 2 aromatic rings. The number of hydrogen-bond acceptors (Lipinski definition) is 3. The second-order valence-electron chi connectivity index (χ2n) is 2.71. The van der Waals surface area contributed by atoms with E-state index in [2.05, 4.69) is 10.3 Å². The molecule has 4 nitrogen and oxygen atoms in total. The quantitative estimate of drug-likeness (QED) is 0.778. The Morgan fingerprint density at radius 3 is 3.38 bits per heavy atom. The number of hydrogen-bond donors (Lipinski definition) is 1. The highest BCUT2D eigenvalue weighted by molar-refractivity contribution is 7.15. The number of aromatic nitrogens is 2. The SMILES string of the molecule is CC(=O)NCc1cnc2sccn12. The molecule has 2 rings (SSSR count). The van der Waals surface area contributed by atoms with Crippen molar-refractivity contribution in [3.05, 3.63) is 23.5 Å². The number of carbonyl (C=O) groups is 1. The second kappa shape index (κ2) is 3.18. The average Bonchev–Trinajstić information content (AvgIpc) is 2.60. The van der Waals surface area contributed by atoms with Gasteiger partial charge < -0.3 is 5.32 Å². The second-order valence-corrected chi connectivity index (χ2v) is 3.59. The lowest BCUT2D eigenvalue weighted by atomic mass is 10.4. The van der Waals surface area contributed by atoms with Gasteiger partial charge in [-0.1, -0.05) is 0 Å². The van der Waals surface area contributed by atoms with Crippen LogP contribution in [0.2, 0.25) is 0 Å². The van der Waals surface area contributed by atoms with Gasteiger partial charge in [-0.2, -0.15) is 0 Å². The van der Waals surface area contributed by atoms with E-state index in [1.807, 2.05) is 16.0 Å². The van der Waals surface area contributed by atoms with Crippen LogP contribution in [0.25, 0.3) is 4.96 Å². The Hall–Kier alpha value is -1.36. The first-order valence-corrected chi connectivity index (χ1v) is 4.79. The summed E-state index contributed by atoms with van der Waals surface area (Å²) in [7, 11) is 0. The van der Waals surface area contributed by atoms with Crippen LogP contribution in [0.1, 0.15) is 12.6 Å². The Morgan fingerprint density at radius 2 is 2.62 bits per heavy atom. The molecule has 68 valence electrons. The lowest BCUT2D eigenvalue weighted by molar-refractivity contribution is -0.119. The number of nitrogens with zero attached hydrogens (tertiary/aromatic N) is 2. The molecule has 2 aromatic heterocycles. The molecule has 0 saturated heterocycles. The minimum Gasteiger partial charge on any atom is -0.351 e. The summed E-state index contributed by atoms with van der Waals surface area (Å²) in [4.78, 5) is 15.8. The number of thiazole rings is 1. The predicted octanol–water partition coefficient (Wildman–Crippen LogP) is 1.03. The largest absolute Gasteiger partial charge is 0.351 e. The lowest BCUT2D eigenvalue weighted by Gasteiger charge is -1.99. The maximum atomic E-state index is 10.7. The van der Waals surface area contributed by atoms with Gasteiger partial charge in [0.05, 0.1) is 18.4 Å². The first-order chi connectivity index (χ1) is 6.27. The predicted molar refractivity (Wildman–Crippen MR) is 50.6 cm³/mol. The van der Waals surface area contributed by atoms with Gasteiger partial charge in [-0.05, 0) is 0 Å². The van der Waals surface area contributed by atoms with E-state index in [-0.39, 0.29) is 5.91 Å². The Morgan fingerprint density at radius 1 is 1.77 bits per heavy atom. The van der Waals surface area contributed by atoms with E-state index in [9.17, 15) is 4.79 Å². The number of fused-ring (bicyclic) bond motifs is 1. The smallest absolute Gasteiger partial charge is 0.217 e.